The van der Waals surface area contributed by atoms with E-state index in [4.69, 9.17) is 0 Å². The lowest BCUT2D eigenvalue weighted by atomic mass is 11.6. The first kappa shape index (κ1) is 4.62. The molecule has 30 valence electrons. The third kappa shape index (κ3) is 3.62. The summed E-state index contributed by atoms with van der Waals surface area (Å²) in [5, 5.41) is 0. The van der Waals surface area contributed by atoms with E-state index in [0.717, 1.165) is 0 Å². The summed E-state index contributed by atoms with van der Waals surface area (Å²) in [5.74, 6) is 0. The molecule has 0 N–H and O–H groups in total. The molecule has 0 aliphatic rings. The van der Waals surface area contributed by atoms with E-state index in [1.165, 1.54) is 7.05 Å². The van der Waals surface area contributed by atoms with Crippen molar-refractivity contribution in [1.82, 2.24) is 0 Å². The van der Waals surface area contributed by atoms with Gasteiger partial charge in [0.05, 0.1) is 0 Å². The molecule has 0 heterocycles. The molecule has 0 unspecified atom stereocenters. The average Bonchev–Trinajstić information content (AvgIpc) is 1.38. The highest BCUT2D eigenvalue weighted by atomic mass is 32.2. The van der Waals surface area contributed by atoms with E-state index in [0.29, 0.717) is 0 Å². The van der Waals surface area contributed by atoms with Crippen LogP contribution in [0.15, 0.2) is 4.36 Å². The first-order valence-electron chi connectivity index (χ1n) is 0.963. The topological polar surface area (TPSA) is 46.5 Å². The second-order valence-corrected chi connectivity index (χ2v) is 1.20. The summed E-state index contributed by atoms with van der Waals surface area (Å²) in [6.07, 6.45) is 0. The molecule has 0 saturated heterocycles. The summed E-state index contributed by atoms with van der Waals surface area (Å²) >= 11 is 0. The van der Waals surface area contributed by atoms with Crippen molar-refractivity contribution in [2.24, 2.45) is 4.36 Å². The van der Waals surface area contributed by atoms with Gasteiger partial charge in [0.2, 0.25) is 0 Å². The summed E-state index contributed by atoms with van der Waals surface area (Å²) < 4.78 is 21.2. The Bertz CT molecular complexity index is 113. The third-order valence-corrected chi connectivity index (χ3v) is 0.447. The quantitative estimate of drug-likeness (QED) is 0.412. The van der Waals surface area contributed by atoms with Crippen molar-refractivity contribution in [2.45, 2.75) is 0 Å². The van der Waals surface area contributed by atoms with Gasteiger partial charge in [-0.05, 0) is 0 Å². The van der Waals surface area contributed by atoms with Crippen LogP contribution in [0.3, 0.4) is 0 Å². The van der Waals surface area contributed by atoms with Crippen LogP contribution in [0.25, 0.3) is 0 Å². The molecule has 0 radical (unpaired) electrons. The van der Waals surface area contributed by atoms with Gasteiger partial charge in [0.25, 0.3) is 0 Å². The molecule has 3 nitrogen and oxygen atoms in total. The molecule has 0 aliphatic heterocycles. The predicted molar refractivity (Wildman–Crippen MR) is 17.3 cm³/mol. The number of hydrogen-bond donors (Lipinski definition) is 0. The SMILES string of the molecule is CN=S(=O)=O. The van der Waals surface area contributed by atoms with Crippen LogP contribution in [0.4, 0.5) is 0 Å². The van der Waals surface area contributed by atoms with E-state index in [1.54, 1.807) is 0 Å². The molecule has 0 amide bonds. The van der Waals surface area contributed by atoms with E-state index >= 15 is 0 Å². The Balaban J connectivity index is 4.25. The second-order valence-electron chi connectivity index (χ2n) is 0.400. The Morgan fingerprint density at radius 2 is 1.80 bits per heavy atom. The molecule has 0 atom stereocenters. The molecule has 0 aromatic heterocycles. The summed E-state index contributed by atoms with van der Waals surface area (Å²) in [4.78, 5) is 0. The maximum atomic E-state index is 9.20. The fourth-order valence-electron chi connectivity index (χ4n) is 0. The standard InChI is InChI=1S/CH3NO2S/c1-2-5(3)4/h1H3. The molecule has 0 aromatic carbocycles. The minimum absolute atomic E-state index is 1.21. The Hall–Kier alpha value is -0.380. The lowest BCUT2D eigenvalue weighted by molar-refractivity contribution is 0.622. The van der Waals surface area contributed by atoms with Gasteiger partial charge in [0.15, 0.2) is 0 Å². The summed E-state index contributed by atoms with van der Waals surface area (Å²) in [6.45, 7) is 0. The molecular formula is CH3NO2S. The van der Waals surface area contributed by atoms with E-state index < -0.39 is 10.5 Å². The Morgan fingerprint density at radius 3 is 1.80 bits per heavy atom. The van der Waals surface area contributed by atoms with E-state index in [9.17, 15) is 8.42 Å². The summed E-state index contributed by atoms with van der Waals surface area (Å²) in [7, 11) is -0.986. The van der Waals surface area contributed by atoms with Gasteiger partial charge in [-0.25, -0.2) is 0 Å². The van der Waals surface area contributed by atoms with Crippen LogP contribution < -0.4 is 0 Å². The molecule has 0 aromatic rings. The number of hydrogen-bond acceptors (Lipinski definition) is 3. The Kier molecular flexibility index (Phi) is 1.75. The smallest absolute Gasteiger partial charge is 0.175 e. The Morgan fingerprint density at radius 1 is 1.60 bits per heavy atom. The van der Waals surface area contributed by atoms with Crippen LogP contribution in [0.2, 0.25) is 0 Å². The number of rotatable bonds is 0. The van der Waals surface area contributed by atoms with Crippen LogP contribution in [0, 0.1) is 0 Å². The van der Waals surface area contributed by atoms with Gasteiger partial charge in [0.1, 0.15) is 0 Å². The monoisotopic (exact) mass is 93.0 g/mol. The molecule has 0 rings (SSSR count). The van der Waals surface area contributed by atoms with Crippen LogP contribution in [0.1, 0.15) is 0 Å². The highest BCUT2D eigenvalue weighted by molar-refractivity contribution is 7.61. The normalized spacial score (nSPS) is 6.60. The van der Waals surface area contributed by atoms with Crippen molar-refractivity contribution < 1.29 is 8.42 Å². The van der Waals surface area contributed by atoms with Crippen molar-refractivity contribution >= 4 is 10.5 Å². The van der Waals surface area contributed by atoms with Crippen LogP contribution in [-0.2, 0) is 10.5 Å². The fourth-order valence-corrected chi connectivity index (χ4v) is 0. The second kappa shape index (κ2) is 1.90. The van der Waals surface area contributed by atoms with E-state index in [-0.39, 0.29) is 0 Å². The zero-order valence-corrected chi connectivity index (χ0v) is 3.49. The van der Waals surface area contributed by atoms with Gasteiger partial charge in [-0.1, -0.05) is 0 Å². The molecule has 0 spiro atoms. The first-order valence-corrected chi connectivity index (χ1v) is 1.99. The van der Waals surface area contributed by atoms with E-state index in [2.05, 4.69) is 4.36 Å². The van der Waals surface area contributed by atoms with Crippen LogP contribution >= 0.6 is 0 Å². The maximum Gasteiger partial charge on any atom is 0.310 e. The van der Waals surface area contributed by atoms with Crippen molar-refractivity contribution in [3.05, 3.63) is 0 Å². The van der Waals surface area contributed by atoms with Crippen LogP contribution in [-0.4, -0.2) is 15.5 Å². The minimum Gasteiger partial charge on any atom is -0.175 e. The molecule has 4 heteroatoms. The first-order chi connectivity index (χ1) is 2.27. The van der Waals surface area contributed by atoms with E-state index in [1.807, 2.05) is 0 Å². The summed E-state index contributed by atoms with van der Waals surface area (Å²) in [5.41, 5.74) is 0. The van der Waals surface area contributed by atoms with Crippen molar-refractivity contribution in [3.63, 3.8) is 0 Å². The van der Waals surface area contributed by atoms with Crippen molar-refractivity contribution in [2.75, 3.05) is 7.05 Å². The van der Waals surface area contributed by atoms with Crippen molar-refractivity contribution in [3.8, 4) is 0 Å². The predicted octanol–water partition coefficient (Wildman–Crippen LogP) is -0.321. The molecule has 5 heavy (non-hydrogen) atoms. The third-order valence-electron chi connectivity index (χ3n) is 0.149. The highest BCUT2D eigenvalue weighted by Gasteiger charge is 1.46. The highest BCUT2D eigenvalue weighted by Crippen LogP contribution is 1.41. The number of nitrogens with zero attached hydrogens (tertiary/aromatic N) is 1. The zero-order valence-electron chi connectivity index (χ0n) is 2.67. The van der Waals surface area contributed by atoms with Gasteiger partial charge in [-0.3, -0.25) is 0 Å². The lowest BCUT2D eigenvalue weighted by Gasteiger charge is -1.41. The Labute approximate surface area is 31.3 Å². The molecule has 0 saturated carbocycles. The maximum absolute atomic E-state index is 9.20. The van der Waals surface area contributed by atoms with Gasteiger partial charge < -0.3 is 0 Å². The minimum atomic E-state index is -2.20. The molecule has 0 aliphatic carbocycles. The van der Waals surface area contributed by atoms with Gasteiger partial charge in [0, 0.05) is 7.05 Å². The molecule has 0 fully saturated rings. The van der Waals surface area contributed by atoms with Gasteiger partial charge in [-0.15, -0.1) is 0 Å². The zero-order chi connectivity index (χ0) is 4.28. The van der Waals surface area contributed by atoms with Gasteiger partial charge in [-0.2, -0.15) is 12.8 Å². The largest absolute Gasteiger partial charge is 0.310 e. The summed E-state index contributed by atoms with van der Waals surface area (Å²) in [6, 6.07) is 0. The van der Waals surface area contributed by atoms with Crippen LogP contribution in [0.5, 0.6) is 0 Å². The average molecular weight is 93.1 g/mol. The lowest BCUT2D eigenvalue weighted by Crippen LogP contribution is -1.47. The van der Waals surface area contributed by atoms with Gasteiger partial charge >= 0.3 is 10.5 Å². The molecular weight excluding hydrogens is 90.1 g/mol. The fraction of sp³-hybridized carbons (Fsp3) is 1.00. The van der Waals surface area contributed by atoms with Crippen molar-refractivity contribution in [1.29, 1.82) is 0 Å². The molecule has 0 bridgehead atoms.